The number of carbonyl (C=O) groups excluding carboxylic acids is 15. The predicted octanol–water partition coefficient (Wildman–Crippen LogP) is -1.46. The lowest BCUT2D eigenvalue weighted by atomic mass is 10.00. The minimum absolute atomic E-state index is 0.0342. The minimum Gasteiger partial charge on any atom is -0.508 e. The number of primary amides is 1. The van der Waals surface area contributed by atoms with Crippen LogP contribution in [0.5, 0.6) is 5.75 Å². The molecule has 48 heteroatoms. The number of hydrogen-bond donors (Lipinski definition) is 23. The topological polar surface area (TPSA) is 676 Å². The van der Waals surface area contributed by atoms with Gasteiger partial charge in [-0.25, -0.2) is 9.78 Å². The molecule has 5 aromatic rings. The summed E-state index contributed by atoms with van der Waals surface area (Å²) in [6.45, 7) is 10.2. The molecular weight excluding hydrogens is 1790 g/mol. The van der Waals surface area contributed by atoms with Crippen molar-refractivity contribution in [3.8, 4) is 5.75 Å². The Kier molecular flexibility index (Phi) is 44.5. The number of nitrogens with one attached hydrogen (secondary N) is 15. The second kappa shape index (κ2) is 53.8. The third-order valence-corrected chi connectivity index (χ3v) is 21.5. The predicted molar refractivity (Wildman–Crippen MR) is 474 cm³/mol. The SMILES string of the molecule is CSCC[C@H](NC(=O)[C@@H](NC(=O)[C@H](Cc1c[nH]cn1)NC(=O)[C@H](CS)NC(=O)[C@H](Cc1c[nH]c2ccccc12)NC(=O)[C@H](Cc1ccccc1)NC(=O)[C@H](CCC(=O)O)NC(=O)[C@H](CC(C)C)NC(=O)[C@H](CC(=O)O)NC(=O)[C@H](CC(=O)O)NC(=O)[C@H](CO)NC(=O)[C@@H]1CCCN1C(=O)[C@H](CC(C)C)NC(C)=O)C(C)C)C(=O)N[C@@H](Cc1ccc(O)cc1)C(N)=O.O=C(O)C(F)(F)F. The molecule has 23 N–H and O–H groups in total. The van der Waals surface area contributed by atoms with E-state index < -0.39 is 253 Å². The second-order valence-electron chi connectivity index (χ2n) is 32.5. The third kappa shape index (κ3) is 37.0. The van der Waals surface area contributed by atoms with Gasteiger partial charge in [0.25, 0.3) is 0 Å². The summed E-state index contributed by atoms with van der Waals surface area (Å²) in [4.78, 5) is 269. The molecule has 6 rings (SSSR count). The molecule has 0 unspecified atom stereocenters. The van der Waals surface area contributed by atoms with Gasteiger partial charge in [0.05, 0.1) is 31.5 Å². The number of carbonyl (C=O) groups is 19. The summed E-state index contributed by atoms with van der Waals surface area (Å²) in [7, 11) is 0. The molecule has 0 bridgehead atoms. The van der Waals surface area contributed by atoms with Crippen molar-refractivity contribution in [2.75, 3.05) is 30.9 Å². The van der Waals surface area contributed by atoms with E-state index in [0.29, 0.717) is 39.8 Å². The van der Waals surface area contributed by atoms with Gasteiger partial charge < -0.3 is 120 Å². The van der Waals surface area contributed by atoms with Crippen LogP contribution >= 0.6 is 24.4 Å². The number of hydrogen-bond acceptors (Lipinski definition) is 24. The van der Waals surface area contributed by atoms with Gasteiger partial charge in [0.2, 0.25) is 88.6 Å². The number of aromatic amines is 2. The van der Waals surface area contributed by atoms with Gasteiger partial charge >= 0.3 is 30.1 Å². The van der Waals surface area contributed by atoms with Crippen molar-refractivity contribution in [3.63, 3.8) is 0 Å². The van der Waals surface area contributed by atoms with Crippen molar-refractivity contribution < 1.29 is 135 Å². The van der Waals surface area contributed by atoms with Crippen molar-refractivity contribution in [2.24, 2.45) is 23.5 Å². The highest BCUT2D eigenvalue weighted by Crippen LogP contribution is 2.24. The zero-order valence-corrected chi connectivity index (χ0v) is 75.7. The zero-order valence-electron chi connectivity index (χ0n) is 74.0. The van der Waals surface area contributed by atoms with Crippen LogP contribution in [0.25, 0.3) is 10.9 Å². The first-order valence-electron chi connectivity index (χ1n) is 42.2. The number of alkyl halides is 3. The largest absolute Gasteiger partial charge is 0.508 e. The first-order chi connectivity index (χ1) is 62.6. The lowest BCUT2D eigenvalue weighted by Gasteiger charge is -2.30. The first-order valence-corrected chi connectivity index (χ1v) is 44.2. The fourth-order valence-electron chi connectivity index (χ4n) is 13.8. The van der Waals surface area contributed by atoms with E-state index in [9.17, 15) is 115 Å². The van der Waals surface area contributed by atoms with Crippen molar-refractivity contribution in [1.29, 1.82) is 0 Å². The molecule has 14 atom stereocenters. The Labute approximate surface area is 770 Å². The fraction of sp³-hybridized carbons (Fsp3) is 0.506. The van der Waals surface area contributed by atoms with E-state index >= 15 is 9.59 Å². The zero-order chi connectivity index (χ0) is 99.3. The number of likely N-dealkylation sites (tertiary alicyclic amines) is 1. The van der Waals surface area contributed by atoms with Gasteiger partial charge in [-0.3, -0.25) is 86.3 Å². The summed E-state index contributed by atoms with van der Waals surface area (Å²) >= 11 is 5.78. The number of benzene rings is 3. The van der Waals surface area contributed by atoms with Crippen LogP contribution in [-0.4, -0.2) is 285 Å². The highest BCUT2D eigenvalue weighted by Gasteiger charge is 2.43. The number of phenols is 1. The number of aromatic nitrogens is 3. The van der Waals surface area contributed by atoms with Crippen LogP contribution in [0.3, 0.4) is 0 Å². The molecule has 0 spiro atoms. The highest BCUT2D eigenvalue weighted by molar-refractivity contribution is 7.98. The van der Waals surface area contributed by atoms with Crippen LogP contribution in [0.2, 0.25) is 0 Å². The smallest absolute Gasteiger partial charge is 0.490 e. The fourth-order valence-corrected chi connectivity index (χ4v) is 14.5. The van der Waals surface area contributed by atoms with E-state index in [-0.39, 0.29) is 75.3 Å². The van der Waals surface area contributed by atoms with Crippen LogP contribution in [-0.2, 0) is 117 Å². The molecule has 3 heterocycles. The van der Waals surface area contributed by atoms with Crippen LogP contribution in [0.1, 0.15) is 129 Å². The molecule has 1 aliphatic rings. The number of H-pyrrole nitrogens is 2. The Morgan fingerprint density at radius 3 is 1.48 bits per heavy atom. The number of carboxylic acid groups (broad SMARTS) is 4. The number of aliphatic hydroxyl groups is 1. The monoisotopic (exact) mass is 1910 g/mol. The Bertz CT molecular complexity index is 4880. The Hall–Kier alpha value is -13.4. The van der Waals surface area contributed by atoms with Crippen molar-refractivity contribution >= 4 is 148 Å². The van der Waals surface area contributed by atoms with E-state index in [1.54, 1.807) is 107 Å². The lowest BCUT2D eigenvalue weighted by Crippen LogP contribution is -2.62. The quantitative estimate of drug-likeness (QED) is 0.0198. The van der Waals surface area contributed by atoms with Crippen molar-refractivity contribution in [1.82, 2.24) is 89.0 Å². The Morgan fingerprint density at radius 2 is 0.970 bits per heavy atom. The Morgan fingerprint density at radius 1 is 0.519 bits per heavy atom. The van der Waals surface area contributed by atoms with E-state index in [2.05, 4.69) is 96.7 Å². The lowest BCUT2D eigenvalue weighted by molar-refractivity contribution is -0.192. The van der Waals surface area contributed by atoms with Gasteiger partial charge in [-0.15, -0.1) is 0 Å². The second-order valence-corrected chi connectivity index (χ2v) is 33.8. The molecule has 1 aliphatic heterocycles. The van der Waals surface area contributed by atoms with E-state index in [1.165, 1.54) is 48.2 Å². The Balaban J connectivity index is 0.00000428. The number of imidazole rings is 1. The molecule has 3 aromatic carbocycles. The number of nitrogens with two attached hydrogens (primary N) is 1. The average Bonchev–Trinajstić information content (AvgIpc) is 1.70. The molecule has 728 valence electrons. The van der Waals surface area contributed by atoms with Gasteiger partial charge in [0.1, 0.15) is 90.3 Å². The normalized spacial score (nSPS) is 15.3. The van der Waals surface area contributed by atoms with Crippen LogP contribution in [0.4, 0.5) is 13.2 Å². The minimum atomic E-state index is -5.08. The number of thioether (sulfide) groups is 1. The van der Waals surface area contributed by atoms with Gasteiger partial charge in [-0.05, 0) is 103 Å². The first kappa shape index (κ1) is 110. The number of phenolic OH excluding ortho intramolecular Hbond substituents is 1. The third-order valence-electron chi connectivity index (χ3n) is 20.5. The molecule has 0 saturated carbocycles. The molecule has 43 nitrogen and oxygen atoms in total. The van der Waals surface area contributed by atoms with Crippen LogP contribution < -0.4 is 74.9 Å². The summed E-state index contributed by atoms with van der Waals surface area (Å²) in [5.41, 5.74) is 7.99. The molecule has 0 radical (unpaired) electrons. The van der Waals surface area contributed by atoms with Crippen LogP contribution in [0, 0.1) is 17.8 Å². The number of amides is 15. The highest BCUT2D eigenvalue weighted by atomic mass is 32.2. The molecule has 1 saturated heterocycles. The number of rotatable bonds is 52. The summed E-state index contributed by atoms with van der Waals surface area (Å²) < 4.78 is 31.7. The van der Waals surface area contributed by atoms with E-state index in [1.807, 2.05) is 13.8 Å². The average molecular weight is 1910 g/mol. The van der Waals surface area contributed by atoms with Gasteiger partial charge in [-0.1, -0.05) is 102 Å². The van der Waals surface area contributed by atoms with Crippen molar-refractivity contribution in [2.45, 2.75) is 223 Å². The molecule has 0 aliphatic carbocycles. The van der Waals surface area contributed by atoms with Crippen molar-refractivity contribution in [3.05, 3.63) is 120 Å². The maximum Gasteiger partial charge on any atom is 0.490 e. The number of aliphatic hydroxyl groups excluding tert-OH is 1. The summed E-state index contributed by atoms with van der Waals surface area (Å²) in [6, 6.07) is -1.67. The number of aromatic hydroxyl groups is 1. The number of aliphatic carboxylic acids is 4. The molecular formula is C85H115F3N18O25S2. The summed E-state index contributed by atoms with van der Waals surface area (Å²) in [5.74, 6) is -24.2. The van der Waals surface area contributed by atoms with E-state index in [0.717, 1.165) is 0 Å². The van der Waals surface area contributed by atoms with Gasteiger partial charge in [0, 0.05) is 74.6 Å². The number of thiol groups is 1. The standard InChI is InChI=1S/C83H114N18O23S2.C2HF3O2/c1-42(2)29-56(92-76(117)60(35-67(107)108)96-77(118)61(36-68(109)110)97-79(120)63(39-102)98-81(122)65-19-14-27-101(65)83(124)62(30-43(3)4)88-45(7)103)73(114)89-53(24-25-66(105)106)71(112)93-57(32-46-15-10-9-11-16-46)74(115)94-58(33-48-37-86-52-18-13-12-17-51(48)52)75(116)99-64(40-125)80(121)95-59(34-49-38-85-41-87-49)78(119)100-69(44(5)6)82(123)90-54(26-28-126-8)72(113)91-55(70(84)111)31-47-20-22-50(104)23-21-47;3-2(4,5)1(6)7/h9-13,15-18,20-23,37-38,41-44,53-65,69,86,102,104,125H,14,19,24-36,39-40H2,1-8H3,(H2,84,111)(H,85,87)(H,88,103)(H,89,114)(H,90,123)(H,91,113)(H,92,117)(H,93,112)(H,94,115)(H,95,121)(H,96,118)(H,97,120)(H,98,122)(H,99,116)(H,100,119)(H,105,106)(H,107,108)(H,109,110);(H,6,7)/t53-,54-,55-,56-,57-,58-,59-,60-,61-,62-,63-,64-,65-,69-;/m0./s1. The number of carboxylic acids is 4. The molecule has 1 fully saturated rings. The molecule has 133 heavy (non-hydrogen) atoms. The van der Waals surface area contributed by atoms with E-state index in [4.69, 9.17) is 15.6 Å². The molecule has 15 amide bonds. The number of para-hydroxylation sites is 1. The number of fused-ring (bicyclic) bond motifs is 1. The maximum atomic E-state index is 15.2. The van der Waals surface area contributed by atoms with Gasteiger partial charge in [0.15, 0.2) is 0 Å². The molecule has 2 aromatic heterocycles. The maximum absolute atomic E-state index is 15.2. The van der Waals surface area contributed by atoms with Gasteiger partial charge in [-0.2, -0.15) is 37.6 Å². The number of nitrogens with zero attached hydrogens (tertiary/aromatic N) is 2. The van der Waals surface area contributed by atoms with Crippen LogP contribution in [0.15, 0.2) is 97.6 Å². The summed E-state index contributed by atoms with van der Waals surface area (Å²) in [6.07, 6.45) is -3.63. The number of halogens is 3. The summed E-state index contributed by atoms with van der Waals surface area (Å²) in [5, 5.41) is 90.1.